The molecule has 0 aliphatic rings. The monoisotopic (exact) mass is 323 g/mol. The Kier molecular flexibility index (Phi) is 5.12. The van der Waals surface area contributed by atoms with Crippen LogP contribution in [0.25, 0.3) is 6.08 Å². The third-order valence-electron chi connectivity index (χ3n) is 3.15. The molecule has 0 aliphatic heterocycles. The zero-order valence-electron chi connectivity index (χ0n) is 12.0. The second kappa shape index (κ2) is 6.87. The van der Waals surface area contributed by atoms with Crippen molar-refractivity contribution >= 4 is 16.2 Å². The molecule has 22 heavy (non-hydrogen) atoms. The highest BCUT2D eigenvalue weighted by atomic mass is 32.2. The lowest BCUT2D eigenvalue weighted by atomic mass is 10.1. The van der Waals surface area contributed by atoms with Crippen LogP contribution in [-0.4, -0.2) is 34.5 Å². The van der Waals surface area contributed by atoms with E-state index < -0.39 is 22.0 Å². The minimum atomic E-state index is -4.17. The van der Waals surface area contributed by atoms with Gasteiger partial charge in [-0.05, 0) is 11.1 Å². The van der Waals surface area contributed by atoms with Gasteiger partial charge in [0.05, 0.1) is 0 Å². The van der Waals surface area contributed by atoms with Crippen LogP contribution in [0.5, 0.6) is 0 Å². The fraction of sp³-hybridized carbons (Fsp3) is 0.267. The molecular formula is C15H19N2O4S+. The Labute approximate surface area is 129 Å². The van der Waals surface area contributed by atoms with Crippen LogP contribution in [0, 0.1) is 0 Å². The van der Waals surface area contributed by atoms with Crippen LogP contribution in [0.1, 0.15) is 11.1 Å². The number of aliphatic hydroxyl groups is 1. The average Bonchev–Trinajstić information content (AvgIpc) is 2.84. The lowest BCUT2D eigenvalue weighted by molar-refractivity contribution is -0.687. The number of hydrogen-bond acceptors (Lipinski definition) is 3. The summed E-state index contributed by atoms with van der Waals surface area (Å²) < 4.78 is 33.7. The van der Waals surface area contributed by atoms with Crippen molar-refractivity contribution in [3.05, 3.63) is 60.7 Å². The number of hydrogen-bond donors (Lipinski definition) is 2. The summed E-state index contributed by atoms with van der Waals surface area (Å²) in [4.78, 5) is 0. The molecule has 2 aromatic rings. The molecule has 7 heteroatoms. The fourth-order valence-corrected chi connectivity index (χ4v) is 2.74. The van der Waals surface area contributed by atoms with Crippen molar-refractivity contribution in [3.63, 3.8) is 0 Å². The van der Waals surface area contributed by atoms with Gasteiger partial charge in [0, 0.05) is 0 Å². The maximum atomic E-state index is 10.7. The highest BCUT2D eigenvalue weighted by Crippen LogP contribution is 2.05. The summed E-state index contributed by atoms with van der Waals surface area (Å²) in [6.45, 7) is 4.47. The van der Waals surface area contributed by atoms with Crippen LogP contribution in [0.4, 0.5) is 0 Å². The van der Waals surface area contributed by atoms with Gasteiger partial charge in [0.15, 0.2) is 0 Å². The molecule has 6 nitrogen and oxygen atoms in total. The molecule has 0 amide bonds. The molecule has 0 saturated heterocycles. The number of nitrogens with zero attached hydrogens (tertiary/aromatic N) is 2. The van der Waals surface area contributed by atoms with Crippen molar-refractivity contribution in [2.24, 2.45) is 0 Å². The van der Waals surface area contributed by atoms with Crippen LogP contribution in [0.15, 0.2) is 49.6 Å². The molecular weight excluding hydrogens is 304 g/mol. The molecule has 1 aromatic carbocycles. The maximum absolute atomic E-state index is 10.7. The van der Waals surface area contributed by atoms with Crippen molar-refractivity contribution < 1.29 is 22.6 Å². The molecule has 0 saturated carbocycles. The number of aromatic nitrogens is 2. The molecule has 1 aromatic heterocycles. The predicted molar refractivity (Wildman–Crippen MR) is 82.7 cm³/mol. The van der Waals surface area contributed by atoms with Crippen molar-refractivity contribution in [2.75, 3.05) is 5.75 Å². The van der Waals surface area contributed by atoms with Gasteiger partial charge in [-0.15, -0.1) is 0 Å². The van der Waals surface area contributed by atoms with Crippen molar-refractivity contribution in [1.82, 2.24) is 4.57 Å². The van der Waals surface area contributed by atoms with E-state index in [9.17, 15) is 13.5 Å². The second-order valence-electron chi connectivity index (χ2n) is 5.13. The van der Waals surface area contributed by atoms with E-state index in [1.807, 2.05) is 35.0 Å². The molecule has 2 rings (SSSR count). The van der Waals surface area contributed by atoms with Crippen LogP contribution >= 0.6 is 0 Å². The lowest BCUT2D eigenvalue weighted by Crippen LogP contribution is -2.32. The van der Waals surface area contributed by atoms with Gasteiger partial charge in [-0.3, -0.25) is 4.55 Å². The van der Waals surface area contributed by atoms with Gasteiger partial charge in [0.1, 0.15) is 37.3 Å². The quantitative estimate of drug-likeness (QED) is 0.581. The largest absolute Gasteiger partial charge is 0.388 e. The van der Waals surface area contributed by atoms with E-state index in [0.29, 0.717) is 6.54 Å². The summed E-state index contributed by atoms with van der Waals surface area (Å²) in [5.41, 5.74) is 2.17. The Bertz CT molecular complexity index is 735. The van der Waals surface area contributed by atoms with Gasteiger partial charge in [0.2, 0.25) is 6.33 Å². The Morgan fingerprint density at radius 3 is 2.59 bits per heavy atom. The number of imidazole rings is 1. The first kappa shape index (κ1) is 16.4. The van der Waals surface area contributed by atoms with E-state index in [0.717, 1.165) is 11.1 Å². The van der Waals surface area contributed by atoms with E-state index >= 15 is 0 Å². The summed E-state index contributed by atoms with van der Waals surface area (Å²) in [6, 6.07) is 7.98. The Balaban J connectivity index is 1.97. The van der Waals surface area contributed by atoms with Crippen LogP contribution in [0.3, 0.4) is 0 Å². The Morgan fingerprint density at radius 1 is 1.32 bits per heavy atom. The number of benzene rings is 1. The number of aliphatic hydroxyl groups excluding tert-OH is 1. The molecule has 0 radical (unpaired) electrons. The van der Waals surface area contributed by atoms with Gasteiger partial charge >= 0.3 is 0 Å². The average molecular weight is 323 g/mol. The molecule has 2 N–H and O–H groups in total. The van der Waals surface area contributed by atoms with Gasteiger partial charge < -0.3 is 5.11 Å². The molecule has 1 unspecified atom stereocenters. The first-order valence-electron chi connectivity index (χ1n) is 6.75. The summed E-state index contributed by atoms with van der Waals surface area (Å²) in [7, 11) is -4.17. The highest BCUT2D eigenvalue weighted by Gasteiger charge is 2.17. The first-order chi connectivity index (χ1) is 10.4. The van der Waals surface area contributed by atoms with Crippen molar-refractivity contribution in [1.29, 1.82) is 0 Å². The molecule has 0 aliphatic carbocycles. The molecule has 118 valence electrons. The standard InChI is InChI=1S/C15H18N2O4S/c1-2-13-3-5-14(6-4-13)9-16-7-8-17(12-16)10-15(18)11-22(19,20)21/h2-8,12,15,18H,1,9-11H2/p+1. The van der Waals surface area contributed by atoms with Gasteiger partial charge in [0.25, 0.3) is 10.1 Å². The number of rotatable bonds is 7. The second-order valence-corrected chi connectivity index (χ2v) is 6.63. The van der Waals surface area contributed by atoms with Crippen LogP contribution in [0.2, 0.25) is 0 Å². The van der Waals surface area contributed by atoms with Crippen LogP contribution < -0.4 is 4.57 Å². The van der Waals surface area contributed by atoms with Crippen molar-refractivity contribution in [3.8, 4) is 0 Å². The zero-order valence-corrected chi connectivity index (χ0v) is 12.9. The predicted octanol–water partition coefficient (Wildman–Crippen LogP) is 0.716. The topological polar surface area (TPSA) is 83.4 Å². The molecule has 0 fully saturated rings. The van der Waals surface area contributed by atoms with E-state index in [2.05, 4.69) is 6.58 Å². The molecule has 1 heterocycles. The van der Waals surface area contributed by atoms with Crippen LogP contribution in [-0.2, 0) is 23.2 Å². The SMILES string of the molecule is C=Cc1ccc(C[n+]2ccn(CC(O)CS(=O)(=O)O)c2)cc1. The van der Waals surface area contributed by atoms with E-state index in [1.165, 1.54) is 0 Å². The first-order valence-corrected chi connectivity index (χ1v) is 8.36. The lowest BCUT2D eigenvalue weighted by Gasteiger charge is -2.05. The minimum Gasteiger partial charge on any atom is -0.388 e. The van der Waals surface area contributed by atoms with E-state index in [-0.39, 0.29) is 6.54 Å². The summed E-state index contributed by atoms with van der Waals surface area (Å²) in [6.07, 6.45) is 5.98. The molecule has 0 bridgehead atoms. The Morgan fingerprint density at radius 2 is 2.00 bits per heavy atom. The van der Waals surface area contributed by atoms with Crippen molar-refractivity contribution in [2.45, 2.75) is 19.2 Å². The third-order valence-corrected chi connectivity index (χ3v) is 3.96. The highest BCUT2D eigenvalue weighted by molar-refractivity contribution is 7.85. The minimum absolute atomic E-state index is 0.0994. The Hall–Kier alpha value is -1.96. The smallest absolute Gasteiger partial charge is 0.267 e. The van der Waals surface area contributed by atoms with E-state index in [1.54, 1.807) is 23.2 Å². The van der Waals surface area contributed by atoms with Gasteiger partial charge in [-0.25, -0.2) is 9.13 Å². The molecule has 1 atom stereocenters. The summed E-state index contributed by atoms with van der Waals surface area (Å²) in [5.74, 6) is -0.672. The summed E-state index contributed by atoms with van der Waals surface area (Å²) >= 11 is 0. The maximum Gasteiger partial charge on any atom is 0.267 e. The van der Waals surface area contributed by atoms with Gasteiger partial charge in [-0.1, -0.05) is 36.9 Å². The normalized spacial score (nSPS) is 13.0. The summed E-state index contributed by atoms with van der Waals surface area (Å²) in [5, 5.41) is 9.62. The van der Waals surface area contributed by atoms with E-state index in [4.69, 9.17) is 4.55 Å². The zero-order chi connectivity index (χ0) is 16.2. The fourth-order valence-electron chi connectivity index (χ4n) is 2.15. The third kappa shape index (κ3) is 5.10. The van der Waals surface area contributed by atoms with Gasteiger partial charge in [-0.2, -0.15) is 8.42 Å². The molecule has 0 spiro atoms.